The Hall–Kier alpha value is -0.460. The lowest BCUT2D eigenvalue weighted by molar-refractivity contribution is -0.183. The first kappa shape index (κ1) is 17.9. The number of thioether (sulfide) groups is 1. The van der Waals surface area contributed by atoms with Gasteiger partial charge in [0.25, 0.3) is 0 Å². The van der Waals surface area contributed by atoms with Crippen molar-refractivity contribution in [1.82, 2.24) is 0 Å². The summed E-state index contributed by atoms with van der Waals surface area (Å²) in [4.78, 5) is 0. The molecule has 1 saturated heterocycles. The number of rotatable bonds is 4. The lowest BCUT2D eigenvalue weighted by atomic mass is 9.81. The molecule has 2 rings (SSSR count). The normalized spacial score (nSPS) is 34.5. The van der Waals surface area contributed by atoms with Gasteiger partial charge in [-0.3, -0.25) is 0 Å². The lowest BCUT2D eigenvalue weighted by Gasteiger charge is -2.28. The van der Waals surface area contributed by atoms with Crippen LogP contribution in [0.25, 0.3) is 0 Å². The molecule has 0 spiro atoms. The molecule has 2 fully saturated rings. The zero-order valence-corrected chi connectivity index (χ0v) is 13.5. The van der Waals surface area contributed by atoms with Crippen molar-refractivity contribution in [2.45, 2.75) is 43.4 Å². The van der Waals surface area contributed by atoms with Crippen molar-refractivity contribution in [2.75, 3.05) is 19.5 Å². The first-order valence-corrected chi connectivity index (χ1v) is 8.95. The second kappa shape index (κ2) is 8.41. The van der Waals surface area contributed by atoms with Gasteiger partial charge in [0.05, 0.1) is 24.4 Å². The highest BCUT2D eigenvalue weighted by molar-refractivity contribution is 7.99. The van der Waals surface area contributed by atoms with Crippen LogP contribution in [0.5, 0.6) is 0 Å². The van der Waals surface area contributed by atoms with Gasteiger partial charge in [-0.2, -0.15) is 24.9 Å². The second-order valence-electron chi connectivity index (χ2n) is 5.82. The van der Waals surface area contributed by atoms with Gasteiger partial charge in [-0.25, -0.2) is 0 Å². The van der Waals surface area contributed by atoms with Crippen molar-refractivity contribution < 1.29 is 22.6 Å². The van der Waals surface area contributed by atoms with Crippen molar-refractivity contribution >= 4 is 11.8 Å². The van der Waals surface area contributed by atoms with Crippen molar-refractivity contribution in [2.24, 2.45) is 11.8 Å². The third-order valence-corrected chi connectivity index (χ3v) is 5.16. The molecule has 0 aromatic carbocycles. The minimum atomic E-state index is -4.03. The van der Waals surface area contributed by atoms with Crippen molar-refractivity contribution in [3.8, 4) is 0 Å². The molecule has 2 nitrogen and oxygen atoms in total. The molecule has 1 aliphatic heterocycles. The summed E-state index contributed by atoms with van der Waals surface area (Å²) < 4.78 is 48.8. The first-order chi connectivity index (χ1) is 10.5. The Bertz CT molecular complexity index is 379. The van der Waals surface area contributed by atoms with E-state index in [1.807, 2.05) is 30.6 Å². The van der Waals surface area contributed by atoms with Crippen LogP contribution in [0, 0.1) is 11.8 Å². The summed E-state index contributed by atoms with van der Waals surface area (Å²) in [5.41, 5.74) is 0. The molecule has 1 aliphatic carbocycles. The highest BCUT2D eigenvalue weighted by Gasteiger charge is 2.40. The van der Waals surface area contributed by atoms with E-state index in [9.17, 15) is 13.2 Å². The van der Waals surface area contributed by atoms with Crippen LogP contribution in [0.2, 0.25) is 0 Å². The maximum absolute atomic E-state index is 12.6. The average molecular weight is 336 g/mol. The summed E-state index contributed by atoms with van der Waals surface area (Å²) in [7, 11) is 0. The van der Waals surface area contributed by atoms with Gasteiger partial charge in [0.1, 0.15) is 0 Å². The Morgan fingerprint density at radius 1 is 0.955 bits per heavy atom. The molecular formula is C16H23F3O2S. The Labute approximate surface area is 134 Å². The number of hydrogen-bond donors (Lipinski definition) is 0. The van der Waals surface area contributed by atoms with Gasteiger partial charge >= 0.3 is 6.18 Å². The van der Waals surface area contributed by atoms with E-state index >= 15 is 0 Å². The molecule has 0 aromatic heterocycles. The van der Waals surface area contributed by atoms with Gasteiger partial charge in [0.15, 0.2) is 6.29 Å². The van der Waals surface area contributed by atoms with E-state index in [1.54, 1.807) is 11.8 Å². The summed E-state index contributed by atoms with van der Waals surface area (Å²) in [6.07, 6.45) is 7.00. The number of alkyl halides is 3. The summed E-state index contributed by atoms with van der Waals surface area (Å²) >= 11 is 1.73. The Kier molecular flexibility index (Phi) is 6.84. The van der Waals surface area contributed by atoms with Crippen molar-refractivity contribution in [1.29, 1.82) is 0 Å². The number of hydrogen-bond acceptors (Lipinski definition) is 3. The third-order valence-electron chi connectivity index (χ3n) is 4.22. The van der Waals surface area contributed by atoms with Crippen molar-refractivity contribution in [3.05, 3.63) is 24.3 Å². The summed E-state index contributed by atoms with van der Waals surface area (Å²) in [5, 5.41) is 0.393. The predicted octanol–water partition coefficient (Wildman–Crippen LogP) is 4.57. The van der Waals surface area contributed by atoms with Crippen LogP contribution < -0.4 is 0 Å². The molecule has 126 valence electrons. The molecule has 6 heteroatoms. The van der Waals surface area contributed by atoms with E-state index in [0.717, 1.165) is 0 Å². The summed E-state index contributed by atoms with van der Waals surface area (Å²) in [6, 6.07) is 0. The van der Waals surface area contributed by atoms with E-state index < -0.39 is 12.1 Å². The monoisotopic (exact) mass is 336 g/mol. The molecule has 0 atom stereocenters. The van der Waals surface area contributed by atoms with Gasteiger partial charge in [-0.1, -0.05) is 18.2 Å². The van der Waals surface area contributed by atoms with E-state index in [0.29, 0.717) is 31.3 Å². The Balaban J connectivity index is 1.67. The van der Waals surface area contributed by atoms with E-state index in [1.165, 1.54) is 0 Å². The van der Waals surface area contributed by atoms with Crippen LogP contribution in [0.3, 0.4) is 0 Å². The van der Waals surface area contributed by atoms with Gasteiger partial charge < -0.3 is 9.47 Å². The molecular weight excluding hydrogens is 313 g/mol. The van der Waals surface area contributed by atoms with Crippen LogP contribution in [0.4, 0.5) is 13.2 Å². The Morgan fingerprint density at radius 3 is 2.09 bits per heavy atom. The molecule has 0 amide bonds. The van der Waals surface area contributed by atoms with Gasteiger partial charge in [0.2, 0.25) is 0 Å². The summed E-state index contributed by atoms with van der Waals surface area (Å²) in [5.74, 6) is -0.863. The standard InChI is InChI=1S/C16H23F3O2S/c1-22-14-10-20-15(21-11-14)5-3-2-4-12-6-8-13(9-7-12)16(17,18)19/h2-5,12-15H,6-11H2,1H3/b4-2+,5-3+. The number of allylic oxidation sites excluding steroid dienone is 3. The minimum Gasteiger partial charge on any atom is -0.348 e. The fourth-order valence-corrected chi connectivity index (χ4v) is 3.19. The molecule has 0 N–H and O–H groups in total. The molecule has 0 radical (unpaired) electrons. The van der Waals surface area contributed by atoms with Crippen LogP contribution in [-0.2, 0) is 9.47 Å². The molecule has 0 aromatic rings. The average Bonchev–Trinajstić information content (AvgIpc) is 2.52. The second-order valence-corrected chi connectivity index (χ2v) is 6.95. The smallest absolute Gasteiger partial charge is 0.348 e. The highest BCUT2D eigenvalue weighted by Crippen LogP contribution is 2.39. The van der Waals surface area contributed by atoms with Crippen LogP contribution in [-0.4, -0.2) is 37.2 Å². The Morgan fingerprint density at radius 2 is 1.55 bits per heavy atom. The maximum atomic E-state index is 12.6. The number of halogens is 3. The predicted molar refractivity (Wildman–Crippen MR) is 82.8 cm³/mol. The molecule has 0 bridgehead atoms. The molecule has 22 heavy (non-hydrogen) atoms. The van der Waals surface area contributed by atoms with Gasteiger partial charge in [-0.05, 0) is 43.9 Å². The van der Waals surface area contributed by atoms with Crippen molar-refractivity contribution in [3.63, 3.8) is 0 Å². The van der Waals surface area contributed by atoms with Crippen LogP contribution in [0.1, 0.15) is 25.7 Å². The van der Waals surface area contributed by atoms with Gasteiger partial charge in [-0.15, -0.1) is 0 Å². The molecule has 1 saturated carbocycles. The summed E-state index contributed by atoms with van der Waals surface area (Å²) in [6.45, 7) is 1.36. The maximum Gasteiger partial charge on any atom is 0.391 e. The van der Waals surface area contributed by atoms with E-state index in [4.69, 9.17) is 9.47 Å². The quantitative estimate of drug-likeness (QED) is 0.701. The minimum absolute atomic E-state index is 0.243. The van der Waals surface area contributed by atoms with Crippen LogP contribution >= 0.6 is 11.8 Å². The van der Waals surface area contributed by atoms with E-state index in [-0.39, 0.29) is 25.0 Å². The largest absolute Gasteiger partial charge is 0.391 e. The van der Waals surface area contributed by atoms with Gasteiger partial charge in [0, 0.05) is 0 Å². The fraction of sp³-hybridized carbons (Fsp3) is 0.750. The molecule has 1 heterocycles. The fourth-order valence-electron chi connectivity index (χ4n) is 2.76. The SMILES string of the molecule is CSC1COC(/C=C/C=C/C2CCC(C(F)(F)F)CC2)OC1. The molecule has 0 unspecified atom stereocenters. The first-order valence-electron chi connectivity index (χ1n) is 7.66. The lowest BCUT2D eigenvalue weighted by Crippen LogP contribution is -2.32. The highest BCUT2D eigenvalue weighted by atomic mass is 32.2. The topological polar surface area (TPSA) is 18.5 Å². The molecule has 2 aliphatic rings. The zero-order chi connectivity index (χ0) is 16.0. The van der Waals surface area contributed by atoms with Crippen LogP contribution in [0.15, 0.2) is 24.3 Å². The number of ether oxygens (including phenoxy) is 2. The zero-order valence-electron chi connectivity index (χ0n) is 12.7. The third kappa shape index (κ3) is 5.63. The van der Waals surface area contributed by atoms with E-state index in [2.05, 4.69) is 0 Å².